The summed E-state index contributed by atoms with van der Waals surface area (Å²) in [6.07, 6.45) is 7.21. The summed E-state index contributed by atoms with van der Waals surface area (Å²) in [5.41, 5.74) is 3.52. The quantitative estimate of drug-likeness (QED) is 0.851. The molecule has 0 N–H and O–H groups in total. The summed E-state index contributed by atoms with van der Waals surface area (Å²) in [5.74, 6) is 0. The number of hydrogen-bond acceptors (Lipinski definition) is 5. The van der Waals surface area contributed by atoms with E-state index in [4.69, 9.17) is 0 Å². The molecule has 1 saturated heterocycles. The zero-order valence-corrected chi connectivity index (χ0v) is 12.4. The normalized spacial score (nSPS) is 17.0. The van der Waals surface area contributed by atoms with Crippen molar-refractivity contribution in [3.8, 4) is 0 Å². The van der Waals surface area contributed by atoms with Gasteiger partial charge >= 0.3 is 0 Å². The van der Waals surface area contributed by atoms with Crippen molar-refractivity contribution in [1.29, 1.82) is 0 Å². The lowest BCUT2D eigenvalue weighted by Crippen LogP contribution is -2.45. The van der Waals surface area contributed by atoms with E-state index in [1.54, 1.807) is 12.4 Å². The summed E-state index contributed by atoms with van der Waals surface area (Å²) in [6.45, 7) is 8.28. The second-order valence-corrected chi connectivity index (χ2v) is 5.52. The molecular formula is C16H21N5. The Kier molecular flexibility index (Phi) is 4.52. The fraction of sp³-hybridized carbons (Fsp3) is 0.438. The number of rotatable bonds is 4. The Morgan fingerprint density at radius 2 is 1.71 bits per heavy atom. The van der Waals surface area contributed by atoms with Crippen molar-refractivity contribution in [2.24, 2.45) is 0 Å². The van der Waals surface area contributed by atoms with Crippen molar-refractivity contribution in [3.63, 3.8) is 0 Å². The zero-order chi connectivity index (χ0) is 14.5. The zero-order valence-electron chi connectivity index (χ0n) is 12.4. The monoisotopic (exact) mass is 283 g/mol. The molecule has 2 aromatic heterocycles. The Morgan fingerprint density at radius 3 is 2.38 bits per heavy atom. The first-order chi connectivity index (χ1) is 10.3. The maximum atomic E-state index is 4.49. The summed E-state index contributed by atoms with van der Waals surface area (Å²) >= 11 is 0. The van der Waals surface area contributed by atoms with Crippen molar-refractivity contribution in [3.05, 3.63) is 53.9 Å². The topological polar surface area (TPSA) is 45.2 Å². The Balaban J connectivity index is 1.50. The van der Waals surface area contributed by atoms with Gasteiger partial charge in [0.1, 0.15) is 0 Å². The van der Waals surface area contributed by atoms with Crippen LogP contribution in [-0.4, -0.2) is 50.9 Å². The van der Waals surface area contributed by atoms with Gasteiger partial charge in [-0.25, -0.2) is 0 Å². The molecule has 0 spiro atoms. The molecule has 3 heterocycles. The standard InChI is InChI=1S/C16H21N5/c1-14-3-2-4-19-16(14)13-21-9-7-20(8-10-21)12-15-11-17-5-6-18-15/h2-6,11H,7-10,12-13H2,1H3. The molecule has 5 nitrogen and oxygen atoms in total. The average Bonchev–Trinajstić information content (AvgIpc) is 2.52. The number of aromatic nitrogens is 3. The smallest absolute Gasteiger partial charge is 0.0726 e. The Morgan fingerprint density at radius 1 is 0.952 bits per heavy atom. The second kappa shape index (κ2) is 6.74. The van der Waals surface area contributed by atoms with Crippen LogP contribution in [0.4, 0.5) is 0 Å². The first-order valence-corrected chi connectivity index (χ1v) is 7.41. The summed E-state index contributed by atoms with van der Waals surface area (Å²) < 4.78 is 0. The largest absolute Gasteiger partial charge is 0.295 e. The highest BCUT2D eigenvalue weighted by Gasteiger charge is 2.18. The molecule has 0 aromatic carbocycles. The van der Waals surface area contributed by atoms with E-state index in [1.807, 2.05) is 18.5 Å². The van der Waals surface area contributed by atoms with Crippen LogP contribution in [0.1, 0.15) is 17.0 Å². The van der Waals surface area contributed by atoms with Gasteiger partial charge in [-0.3, -0.25) is 24.8 Å². The van der Waals surface area contributed by atoms with Gasteiger partial charge in [-0.05, 0) is 18.6 Å². The van der Waals surface area contributed by atoms with Gasteiger partial charge in [-0.2, -0.15) is 0 Å². The molecule has 2 aromatic rings. The van der Waals surface area contributed by atoms with Crippen molar-refractivity contribution in [2.75, 3.05) is 26.2 Å². The third kappa shape index (κ3) is 3.83. The van der Waals surface area contributed by atoms with Crippen LogP contribution in [0.2, 0.25) is 0 Å². The van der Waals surface area contributed by atoms with E-state index in [2.05, 4.69) is 37.7 Å². The molecule has 1 aliphatic rings. The maximum absolute atomic E-state index is 4.49. The molecule has 0 aliphatic carbocycles. The van der Waals surface area contributed by atoms with E-state index >= 15 is 0 Å². The molecule has 0 saturated carbocycles. The van der Waals surface area contributed by atoms with Crippen LogP contribution in [-0.2, 0) is 13.1 Å². The van der Waals surface area contributed by atoms with Crippen LogP contribution in [0.5, 0.6) is 0 Å². The predicted octanol–water partition coefficient (Wildman–Crippen LogP) is 1.50. The lowest BCUT2D eigenvalue weighted by atomic mass is 10.2. The third-order valence-corrected chi connectivity index (χ3v) is 3.96. The van der Waals surface area contributed by atoms with Crippen molar-refractivity contribution < 1.29 is 0 Å². The minimum atomic E-state index is 0.893. The first kappa shape index (κ1) is 14.1. The molecule has 110 valence electrons. The van der Waals surface area contributed by atoms with Gasteiger partial charge in [0.2, 0.25) is 0 Å². The van der Waals surface area contributed by atoms with E-state index in [0.717, 1.165) is 45.0 Å². The molecular weight excluding hydrogens is 262 g/mol. The Hall–Kier alpha value is -1.85. The van der Waals surface area contributed by atoms with E-state index in [9.17, 15) is 0 Å². The van der Waals surface area contributed by atoms with Gasteiger partial charge < -0.3 is 0 Å². The number of nitrogens with zero attached hydrogens (tertiary/aromatic N) is 5. The fourth-order valence-corrected chi connectivity index (χ4v) is 2.64. The summed E-state index contributed by atoms with van der Waals surface area (Å²) in [7, 11) is 0. The molecule has 0 atom stereocenters. The van der Waals surface area contributed by atoms with Gasteiger partial charge in [0.25, 0.3) is 0 Å². The number of piperazine rings is 1. The number of pyridine rings is 1. The van der Waals surface area contributed by atoms with E-state index in [1.165, 1.54) is 11.3 Å². The lowest BCUT2D eigenvalue weighted by Gasteiger charge is -2.34. The van der Waals surface area contributed by atoms with E-state index in [-0.39, 0.29) is 0 Å². The van der Waals surface area contributed by atoms with Crippen molar-refractivity contribution in [2.45, 2.75) is 20.0 Å². The molecule has 0 unspecified atom stereocenters. The fourth-order valence-electron chi connectivity index (χ4n) is 2.64. The summed E-state index contributed by atoms with van der Waals surface area (Å²) in [5, 5.41) is 0. The third-order valence-electron chi connectivity index (χ3n) is 3.96. The van der Waals surface area contributed by atoms with Crippen molar-refractivity contribution in [1.82, 2.24) is 24.8 Å². The second-order valence-electron chi connectivity index (χ2n) is 5.52. The van der Waals surface area contributed by atoms with Gasteiger partial charge in [0.05, 0.1) is 11.4 Å². The van der Waals surface area contributed by atoms with Crippen LogP contribution < -0.4 is 0 Å². The predicted molar refractivity (Wildman–Crippen MR) is 81.6 cm³/mol. The van der Waals surface area contributed by atoms with Crippen LogP contribution in [0.15, 0.2) is 36.9 Å². The Labute approximate surface area is 125 Å². The molecule has 0 radical (unpaired) electrons. The maximum Gasteiger partial charge on any atom is 0.0726 e. The van der Waals surface area contributed by atoms with Crippen molar-refractivity contribution >= 4 is 0 Å². The molecule has 5 heteroatoms. The molecule has 3 rings (SSSR count). The number of aryl methyl sites for hydroxylation is 1. The minimum absolute atomic E-state index is 0.893. The summed E-state index contributed by atoms with van der Waals surface area (Å²) in [6, 6.07) is 4.13. The van der Waals surface area contributed by atoms with Crippen LogP contribution in [0.3, 0.4) is 0 Å². The first-order valence-electron chi connectivity index (χ1n) is 7.41. The van der Waals surface area contributed by atoms with Crippen LogP contribution >= 0.6 is 0 Å². The molecule has 21 heavy (non-hydrogen) atoms. The highest BCUT2D eigenvalue weighted by molar-refractivity contribution is 5.17. The highest BCUT2D eigenvalue weighted by atomic mass is 15.3. The van der Waals surface area contributed by atoms with Gasteiger partial charge in [0.15, 0.2) is 0 Å². The Bertz CT molecular complexity index is 564. The average molecular weight is 283 g/mol. The van der Waals surface area contributed by atoms with Gasteiger partial charge in [-0.15, -0.1) is 0 Å². The SMILES string of the molecule is Cc1cccnc1CN1CCN(Cc2cnccn2)CC1. The van der Waals surface area contributed by atoms with Gasteiger partial charge in [0, 0.05) is 64.1 Å². The van der Waals surface area contributed by atoms with Crippen LogP contribution in [0, 0.1) is 6.92 Å². The van der Waals surface area contributed by atoms with Crippen LogP contribution in [0.25, 0.3) is 0 Å². The molecule has 1 fully saturated rings. The lowest BCUT2D eigenvalue weighted by molar-refractivity contribution is 0.119. The van der Waals surface area contributed by atoms with E-state index < -0.39 is 0 Å². The summed E-state index contributed by atoms with van der Waals surface area (Å²) in [4.78, 5) is 17.9. The van der Waals surface area contributed by atoms with Gasteiger partial charge in [-0.1, -0.05) is 6.07 Å². The van der Waals surface area contributed by atoms with E-state index in [0.29, 0.717) is 0 Å². The molecule has 0 bridgehead atoms. The molecule has 0 amide bonds. The highest BCUT2D eigenvalue weighted by Crippen LogP contribution is 2.11. The minimum Gasteiger partial charge on any atom is -0.295 e. The number of hydrogen-bond donors (Lipinski definition) is 0. The molecule has 1 aliphatic heterocycles.